The highest BCUT2D eigenvalue weighted by atomic mass is 16.5. The van der Waals surface area contributed by atoms with Crippen molar-refractivity contribution in [3.8, 4) is 0 Å². The summed E-state index contributed by atoms with van der Waals surface area (Å²) in [5.74, 6) is -0.968. The Morgan fingerprint density at radius 2 is 1.83 bits per heavy atom. The molecule has 1 aromatic rings. The summed E-state index contributed by atoms with van der Waals surface area (Å²) in [6.45, 7) is -1.87. The van der Waals surface area contributed by atoms with E-state index in [0.717, 1.165) is 12.8 Å². The van der Waals surface area contributed by atoms with Crippen molar-refractivity contribution in [2.45, 2.75) is 49.3 Å². The number of carbonyl (C=O) groups excluding carboxylic acids is 1. The Labute approximate surface area is 143 Å². The molecule has 2 unspecified atom stereocenters. The van der Waals surface area contributed by atoms with Gasteiger partial charge in [0.05, 0.1) is 20.1 Å². The van der Waals surface area contributed by atoms with Crippen LogP contribution in [0.5, 0.6) is 0 Å². The fourth-order valence-corrected chi connectivity index (χ4v) is 3.65. The van der Waals surface area contributed by atoms with Crippen LogP contribution in [0.15, 0.2) is 30.2 Å². The third kappa shape index (κ3) is 2.89. The van der Waals surface area contributed by atoms with E-state index in [1.807, 2.05) is 7.05 Å². The molecular weight excluding hydrogens is 294 g/mol. The summed E-state index contributed by atoms with van der Waals surface area (Å²) in [6.07, 6.45) is 2.90. The molecular formula is C18H25NO4. The second-order valence-corrected chi connectivity index (χ2v) is 6.45. The Hall–Kier alpha value is -1.43. The number of piperidine rings is 1. The highest BCUT2D eigenvalue weighted by Crippen LogP contribution is 2.36. The lowest BCUT2D eigenvalue weighted by Gasteiger charge is -2.37. The summed E-state index contributed by atoms with van der Waals surface area (Å²) >= 11 is 0. The maximum absolute atomic E-state index is 13.0. The van der Waals surface area contributed by atoms with Crippen LogP contribution in [0.2, 0.25) is 0 Å². The Kier molecular flexibility index (Phi) is 3.20. The zero-order valence-corrected chi connectivity index (χ0v) is 13.1. The number of rotatable bonds is 5. The molecule has 2 aliphatic rings. The maximum Gasteiger partial charge on any atom is 0.321 e. The molecule has 0 amide bonds. The van der Waals surface area contributed by atoms with Gasteiger partial charge in [-0.25, -0.2) is 0 Å². The minimum absolute atomic E-state index is 0.301. The normalized spacial score (nSPS) is 30.9. The third-order valence-electron chi connectivity index (χ3n) is 5.24. The summed E-state index contributed by atoms with van der Waals surface area (Å²) in [7, 11) is 2.04. The van der Waals surface area contributed by atoms with Crippen LogP contribution in [0.3, 0.4) is 0 Å². The van der Waals surface area contributed by atoms with Crippen LogP contribution in [-0.4, -0.2) is 59.5 Å². The molecule has 3 rings (SSSR count). The second-order valence-electron chi connectivity index (χ2n) is 6.45. The van der Waals surface area contributed by atoms with E-state index in [-0.39, 0.29) is 0 Å². The van der Waals surface area contributed by atoms with Gasteiger partial charge in [0, 0.05) is 12.1 Å². The molecule has 5 heteroatoms. The number of aliphatic hydroxyl groups is 2. The van der Waals surface area contributed by atoms with Crippen LogP contribution < -0.4 is 0 Å². The largest absolute Gasteiger partial charge is 0.461 e. The fraction of sp³-hybridized carbons (Fsp3) is 0.611. The number of hydrogen-bond donors (Lipinski definition) is 2. The summed E-state index contributed by atoms with van der Waals surface area (Å²) < 4.78 is 45.1. The smallest absolute Gasteiger partial charge is 0.321 e. The summed E-state index contributed by atoms with van der Waals surface area (Å²) in [6, 6.07) is -2.53. The number of hydrogen-bond acceptors (Lipinski definition) is 5. The van der Waals surface area contributed by atoms with Crippen molar-refractivity contribution >= 4 is 5.97 Å². The molecule has 23 heavy (non-hydrogen) atoms. The summed E-state index contributed by atoms with van der Waals surface area (Å²) in [4.78, 5) is 15.3. The topological polar surface area (TPSA) is 70.0 Å². The summed E-state index contributed by atoms with van der Waals surface area (Å²) in [5, 5.41) is 20.0. The number of benzene rings is 1. The fourth-order valence-electron chi connectivity index (χ4n) is 3.65. The number of esters is 1. The molecule has 2 saturated heterocycles. The Morgan fingerprint density at radius 1 is 1.26 bits per heavy atom. The van der Waals surface area contributed by atoms with Gasteiger partial charge < -0.3 is 19.8 Å². The van der Waals surface area contributed by atoms with E-state index in [1.54, 1.807) is 0 Å². The molecule has 2 aliphatic heterocycles. The van der Waals surface area contributed by atoms with Crippen LogP contribution >= 0.6 is 0 Å². The quantitative estimate of drug-likeness (QED) is 0.793. The van der Waals surface area contributed by atoms with Gasteiger partial charge in [-0.1, -0.05) is 30.2 Å². The van der Waals surface area contributed by atoms with E-state index in [1.165, 1.54) is 0 Å². The predicted molar refractivity (Wildman–Crippen MR) is 86.0 cm³/mol. The van der Waals surface area contributed by atoms with Crippen molar-refractivity contribution < 1.29 is 26.6 Å². The molecule has 126 valence electrons. The minimum atomic E-state index is -2.13. The Morgan fingerprint density at radius 3 is 2.35 bits per heavy atom. The van der Waals surface area contributed by atoms with Gasteiger partial charge in [-0.2, -0.15) is 0 Å². The molecule has 0 radical (unpaired) electrons. The highest BCUT2D eigenvalue weighted by Gasteiger charge is 2.45. The molecule has 0 saturated carbocycles. The first-order valence-electron chi connectivity index (χ1n) is 10.4. The molecule has 2 fully saturated rings. The van der Waals surface area contributed by atoms with E-state index < -0.39 is 66.5 Å². The average molecular weight is 324 g/mol. The van der Waals surface area contributed by atoms with E-state index in [9.17, 15) is 15.0 Å². The zero-order chi connectivity index (χ0) is 20.8. The van der Waals surface area contributed by atoms with Gasteiger partial charge in [-0.15, -0.1) is 0 Å². The van der Waals surface area contributed by atoms with Crippen LogP contribution in [0.4, 0.5) is 0 Å². The van der Waals surface area contributed by atoms with Crippen molar-refractivity contribution in [3.63, 3.8) is 0 Å². The van der Waals surface area contributed by atoms with Gasteiger partial charge in [-0.3, -0.25) is 4.79 Å². The van der Waals surface area contributed by atoms with Crippen molar-refractivity contribution in [1.82, 2.24) is 4.90 Å². The number of nitrogens with zero attached hydrogens (tertiary/aromatic N) is 1. The molecule has 2 heterocycles. The van der Waals surface area contributed by atoms with Crippen molar-refractivity contribution in [2.75, 3.05) is 20.3 Å². The van der Waals surface area contributed by atoms with Gasteiger partial charge in [0.15, 0.2) is 0 Å². The van der Waals surface area contributed by atoms with Crippen molar-refractivity contribution in [3.05, 3.63) is 35.8 Å². The van der Waals surface area contributed by atoms with E-state index in [0.29, 0.717) is 24.9 Å². The first-order valence-corrected chi connectivity index (χ1v) is 7.90. The van der Waals surface area contributed by atoms with Gasteiger partial charge in [0.1, 0.15) is 11.5 Å². The third-order valence-corrected chi connectivity index (χ3v) is 5.24. The number of ether oxygens (including phenoxy) is 1. The molecule has 0 aromatic heterocycles. The lowest BCUT2D eigenvalue weighted by Crippen LogP contribution is -2.49. The first kappa shape index (κ1) is 11.2. The number of carbonyl (C=O) groups is 1. The Bertz CT molecular complexity index is 743. The Balaban J connectivity index is 1.96. The van der Waals surface area contributed by atoms with Gasteiger partial charge in [0.2, 0.25) is 0 Å². The first-order chi connectivity index (χ1) is 13.2. The van der Waals surface area contributed by atoms with Gasteiger partial charge in [0.25, 0.3) is 0 Å². The number of aliphatic hydroxyl groups excluding tert-OH is 2. The van der Waals surface area contributed by atoms with Crippen LogP contribution in [0.1, 0.15) is 38.1 Å². The average Bonchev–Trinajstić information content (AvgIpc) is 2.89. The standard InChI is InChI=1S/C18H25NO4/c1-19-14-7-8-15(19)10-16(9-14)23-17(22)18(11-20,12-21)13-5-3-2-4-6-13/h2-6,14-16,20-21H,7-12H2,1H3/i2D,3D,4D,5D,6D. The zero-order valence-electron chi connectivity index (χ0n) is 18.1. The van der Waals surface area contributed by atoms with Crippen molar-refractivity contribution in [2.24, 2.45) is 0 Å². The predicted octanol–water partition coefficient (Wildman–Crippen LogP) is 1.08. The lowest BCUT2D eigenvalue weighted by atomic mass is 9.82. The van der Waals surface area contributed by atoms with Crippen molar-refractivity contribution in [1.29, 1.82) is 0 Å². The second kappa shape index (κ2) is 6.59. The van der Waals surface area contributed by atoms with Crippen LogP contribution in [-0.2, 0) is 14.9 Å². The van der Waals surface area contributed by atoms with Gasteiger partial charge in [-0.05, 0) is 38.3 Å². The highest BCUT2D eigenvalue weighted by molar-refractivity contribution is 5.83. The monoisotopic (exact) mass is 324 g/mol. The molecule has 2 atom stereocenters. The minimum Gasteiger partial charge on any atom is -0.461 e. The molecule has 0 spiro atoms. The van der Waals surface area contributed by atoms with Crippen LogP contribution in [0, 0.1) is 0 Å². The van der Waals surface area contributed by atoms with E-state index in [4.69, 9.17) is 11.6 Å². The molecule has 5 nitrogen and oxygen atoms in total. The SMILES string of the molecule is [2H]c1c([2H])c([2H])c(C(CO)(CO)C(=O)OC2CC3CCC(C2)N3C)c([2H])c1[2H]. The number of fused-ring (bicyclic) bond motifs is 2. The van der Waals surface area contributed by atoms with E-state index in [2.05, 4.69) is 4.90 Å². The lowest BCUT2D eigenvalue weighted by molar-refractivity contribution is -0.163. The van der Waals surface area contributed by atoms with Crippen LogP contribution in [0.25, 0.3) is 0 Å². The van der Waals surface area contributed by atoms with E-state index >= 15 is 0 Å². The maximum atomic E-state index is 13.0. The molecule has 2 N–H and O–H groups in total. The molecule has 1 aromatic carbocycles. The molecule has 2 bridgehead atoms. The molecule has 0 aliphatic carbocycles. The summed E-state index contributed by atoms with van der Waals surface area (Å²) in [5.41, 5.74) is -2.57. The van der Waals surface area contributed by atoms with Gasteiger partial charge >= 0.3 is 5.97 Å².